The zero-order valence-electron chi connectivity index (χ0n) is 9.63. The van der Waals surface area contributed by atoms with Crippen molar-refractivity contribution in [2.75, 3.05) is 4.72 Å². The largest absolute Gasteiger partial charge is 0.477 e. The van der Waals surface area contributed by atoms with E-state index in [1.54, 1.807) is 0 Å². The molecule has 0 aliphatic carbocycles. The first-order valence-corrected chi connectivity index (χ1v) is 7.47. The Morgan fingerprint density at radius 1 is 1.25 bits per heavy atom. The number of benzene rings is 1. The van der Waals surface area contributed by atoms with Gasteiger partial charge in [-0.15, -0.1) is 11.3 Å². The Labute approximate surface area is 116 Å². The van der Waals surface area contributed by atoms with Crippen LogP contribution in [-0.2, 0) is 10.0 Å². The lowest BCUT2D eigenvalue weighted by atomic mass is 10.2. The van der Waals surface area contributed by atoms with E-state index in [4.69, 9.17) is 5.11 Å². The van der Waals surface area contributed by atoms with Crippen LogP contribution in [0.2, 0.25) is 0 Å². The molecule has 0 fully saturated rings. The first kappa shape index (κ1) is 14.4. The number of rotatable bonds is 4. The lowest BCUT2D eigenvalue weighted by Crippen LogP contribution is -2.15. The lowest BCUT2D eigenvalue weighted by Gasteiger charge is -2.09. The minimum atomic E-state index is -4.03. The number of carboxylic acids is 1. The Bertz CT molecular complexity index is 757. The molecule has 106 valence electrons. The van der Waals surface area contributed by atoms with Gasteiger partial charge in [0.25, 0.3) is 10.0 Å². The molecule has 1 aromatic carbocycles. The minimum Gasteiger partial charge on any atom is -0.477 e. The topological polar surface area (TPSA) is 83.5 Å². The first-order chi connectivity index (χ1) is 9.33. The van der Waals surface area contributed by atoms with Crippen LogP contribution in [0.4, 0.5) is 14.5 Å². The fourth-order valence-corrected chi connectivity index (χ4v) is 3.49. The summed E-state index contributed by atoms with van der Waals surface area (Å²) in [6.07, 6.45) is 0. The molecule has 20 heavy (non-hydrogen) atoms. The van der Waals surface area contributed by atoms with Crippen LogP contribution < -0.4 is 4.72 Å². The third-order valence-electron chi connectivity index (χ3n) is 2.31. The number of carbonyl (C=O) groups is 1. The summed E-state index contributed by atoms with van der Waals surface area (Å²) in [6, 6.07) is 4.29. The highest BCUT2D eigenvalue weighted by molar-refractivity contribution is 7.94. The normalized spacial score (nSPS) is 11.3. The van der Waals surface area contributed by atoms with Gasteiger partial charge in [0.1, 0.15) is 15.6 Å². The predicted octanol–water partition coefficient (Wildman–Crippen LogP) is 2.53. The van der Waals surface area contributed by atoms with Crippen LogP contribution in [0.15, 0.2) is 33.9 Å². The predicted molar refractivity (Wildman–Crippen MR) is 68.4 cm³/mol. The Balaban J connectivity index is 2.46. The molecule has 1 heterocycles. The number of sulfonamides is 1. The van der Waals surface area contributed by atoms with Crippen molar-refractivity contribution in [3.8, 4) is 0 Å². The molecular weight excluding hydrogens is 312 g/mol. The SMILES string of the molecule is O=C(O)c1c(F)ccc(NS(=O)(=O)c2cccs2)c1F. The molecule has 0 atom stereocenters. The molecule has 2 aromatic rings. The van der Waals surface area contributed by atoms with E-state index in [0.717, 1.165) is 17.4 Å². The highest BCUT2D eigenvalue weighted by Gasteiger charge is 2.23. The highest BCUT2D eigenvalue weighted by atomic mass is 32.2. The van der Waals surface area contributed by atoms with Gasteiger partial charge in [0.05, 0.1) is 5.69 Å². The van der Waals surface area contributed by atoms with Crippen LogP contribution in [-0.4, -0.2) is 19.5 Å². The summed E-state index contributed by atoms with van der Waals surface area (Å²) in [5, 5.41) is 10.2. The summed E-state index contributed by atoms with van der Waals surface area (Å²) in [4.78, 5) is 10.7. The number of carboxylic acid groups (broad SMARTS) is 1. The fourth-order valence-electron chi connectivity index (χ4n) is 1.44. The number of aromatic carboxylic acids is 1. The third-order valence-corrected chi connectivity index (χ3v) is 5.07. The number of nitrogens with one attached hydrogen (secondary N) is 1. The summed E-state index contributed by atoms with van der Waals surface area (Å²) in [7, 11) is -4.03. The van der Waals surface area contributed by atoms with E-state index in [9.17, 15) is 22.0 Å². The van der Waals surface area contributed by atoms with Crippen molar-refractivity contribution in [3.63, 3.8) is 0 Å². The van der Waals surface area contributed by atoms with Crippen molar-refractivity contribution in [1.29, 1.82) is 0 Å². The summed E-state index contributed by atoms with van der Waals surface area (Å²) >= 11 is 0.905. The zero-order chi connectivity index (χ0) is 14.9. The van der Waals surface area contributed by atoms with Crippen LogP contribution in [0.1, 0.15) is 10.4 Å². The van der Waals surface area contributed by atoms with Gasteiger partial charge in [-0.25, -0.2) is 22.0 Å². The standard InChI is InChI=1S/C11H7F2NO4S2/c12-6-3-4-7(10(13)9(6)11(15)16)14-20(17,18)8-2-1-5-19-8/h1-5,14H,(H,15,16). The number of anilines is 1. The molecule has 2 rings (SSSR count). The van der Waals surface area contributed by atoms with Gasteiger partial charge in [-0.05, 0) is 23.6 Å². The summed E-state index contributed by atoms with van der Waals surface area (Å²) in [5.74, 6) is -4.58. The van der Waals surface area contributed by atoms with Gasteiger partial charge >= 0.3 is 5.97 Å². The van der Waals surface area contributed by atoms with Gasteiger partial charge in [-0.3, -0.25) is 4.72 Å². The summed E-state index contributed by atoms with van der Waals surface area (Å²) in [6.45, 7) is 0. The van der Waals surface area contributed by atoms with Crippen LogP contribution in [0.25, 0.3) is 0 Å². The van der Waals surface area contributed by atoms with E-state index < -0.39 is 38.9 Å². The number of thiophene rings is 1. The summed E-state index contributed by atoms with van der Waals surface area (Å²) < 4.78 is 52.6. The number of halogens is 2. The molecule has 2 N–H and O–H groups in total. The van der Waals surface area contributed by atoms with Crippen LogP contribution in [0.3, 0.4) is 0 Å². The minimum absolute atomic E-state index is 0.0712. The Morgan fingerprint density at radius 2 is 1.95 bits per heavy atom. The van der Waals surface area contributed by atoms with E-state index in [-0.39, 0.29) is 4.21 Å². The molecular formula is C11H7F2NO4S2. The maximum absolute atomic E-state index is 13.8. The van der Waals surface area contributed by atoms with E-state index in [2.05, 4.69) is 0 Å². The first-order valence-electron chi connectivity index (χ1n) is 5.10. The van der Waals surface area contributed by atoms with E-state index in [1.165, 1.54) is 17.5 Å². The maximum atomic E-state index is 13.8. The zero-order valence-corrected chi connectivity index (χ0v) is 11.3. The average molecular weight is 319 g/mol. The highest BCUT2D eigenvalue weighted by Crippen LogP contribution is 2.25. The van der Waals surface area contributed by atoms with Crippen LogP contribution >= 0.6 is 11.3 Å². The molecule has 1 aromatic heterocycles. The van der Waals surface area contributed by atoms with Gasteiger partial charge < -0.3 is 5.11 Å². The van der Waals surface area contributed by atoms with Gasteiger partial charge in [-0.2, -0.15) is 0 Å². The quantitative estimate of drug-likeness (QED) is 0.907. The van der Waals surface area contributed by atoms with E-state index in [1.807, 2.05) is 4.72 Å². The van der Waals surface area contributed by atoms with Crippen LogP contribution in [0, 0.1) is 11.6 Å². The molecule has 0 unspecified atom stereocenters. The monoisotopic (exact) mass is 319 g/mol. The van der Waals surface area contributed by atoms with Crippen LogP contribution in [0.5, 0.6) is 0 Å². The second-order valence-corrected chi connectivity index (χ2v) is 6.48. The van der Waals surface area contributed by atoms with Gasteiger partial charge in [0.2, 0.25) is 0 Å². The van der Waals surface area contributed by atoms with Crippen molar-refractivity contribution >= 4 is 33.0 Å². The van der Waals surface area contributed by atoms with E-state index in [0.29, 0.717) is 6.07 Å². The molecule has 5 nitrogen and oxygen atoms in total. The molecule has 0 saturated carbocycles. The van der Waals surface area contributed by atoms with Gasteiger partial charge in [0, 0.05) is 0 Å². The van der Waals surface area contributed by atoms with Gasteiger partial charge in [0.15, 0.2) is 5.82 Å². The Kier molecular flexibility index (Phi) is 3.73. The van der Waals surface area contributed by atoms with Crippen molar-refractivity contribution in [3.05, 3.63) is 46.8 Å². The third kappa shape index (κ3) is 2.63. The van der Waals surface area contributed by atoms with Crippen molar-refractivity contribution in [1.82, 2.24) is 0 Å². The average Bonchev–Trinajstić information content (AvgIpc) is 2.87. The number of hydrogen-bond donors (Lipinski definition) is 2. The molecule has 0 saturated heterocycles. The Hall–Kier alpha value is -2.00. The fraction of sp³-hybridized carbons (Fsp3) is 0. The molecule has 9 heteroatoms. The molecule has 0 spiro atoms. The molecule has 0 radical (unpaired) electrons. The Morgan fingerprint density at radius 3 is 2.50 bits per heavy atom. The number of hydrogen-bond acceptors (Lipinski definition) is 4. The van der Waals surface area contributed by atoms with Gasteiger partial charge in [-0.1, -0.05) is 6.07 Å². The lowest BCUT2D eigenvalue weighted by molar-refractivity contribution is 0.0686. The van der Waals surface area contributed by atoms with Crippen molar-refractivity contribution in [2.45, 2.75) is 4.21 Å². The second kappa shape index (κ2) is 5.17. The van der Waals surface area contributed by atoms with Crippen molar-refractivity contribution < 1.29 is 27.1 Å². The molecule has 0 aliphatic heterocycles. The van der Waals surface area contributed by atoms with E-state index >= 15 is 0 Å². The molecule has 0 aliphatic rings. The summed E-state index contributed by atoms with van der Waals surface area (Å²) in [5.41, 5.74) is -1.84. The second-order valence-electron chi connectivity index (χ2n) is 3.63. The van der Waals surface area contributed by atoms with Crippen molar-refractivity contribution in [2.24, 2.45) is 0 Å². The maximum Gasteiger partial charge on any atom is 0.341 e. The smallest absolute Gasteiger partial charge is 0.341 e. The molecule has 0 bridgehead atoms. The molecule has 0 amide bonds.